The third-order valence-electron chi connectivity index (χ3n) is 3.52. The molecule has 5 nitrogen and oxygen atoms in total. The van der Waals surface area contributed by atoms with Crippen molar-refractivity contribution >= 4 is 40.9 Å². The summed E-state index contributed by atoms with van der Waals surface area (Å²) in [5.74, 6) is 0.428. The predicted octanol–water partition coefficient (Wildman–Crippen LogP) is 3.39. The number of anilines is 1. The summed E-state index contributed by atoms with van der Waals surface area (Å²) < 4.78 is 5.23. The Morgan fingerprint density at radius 3 is 3.00 bits per heavy atom. The van der Waals surface area contributed by atoms with E-state index in [1.54, 1.807) is 36.4 Å². The molecule has 1 aliphatic heterocycles. The van der Waals surface area contributed by atoms with E-state index in [1.807, 2.05) is 12.1 Å². The zero-order valence-electron chi connectivity index (χ0n) is 12.4. The third kappa shape index (κ3) is 3.71. The van der Waals surface area contributed by atoms with E-state index < -0.39 is 5.25 Å². The zero-order chi connectivity index (χ0) is 16.4. The summed E-state index contributed by atoms with van der Waals surface area (Å²) in [6, 6.07) is 8.92. The van der Waals surface area contributed by atoms with Crippen LogP contribution in [0.1, 0.15) is 12.2 Å². The lowest BCUT2D eigenvalue weighted by atomic mass is 10.2. The minimum Gasteiger partial charge on any atom is -0.467 e. The fraction of sp³-hybridized carbons (Fsp3) is 0.250. The Labute approximate surface area is 143 Å². The number of nitrogens with one attached hydrogen (secondary N) is 1. The highest BCUT2D eigenvalue weighted by Gasteiger charge is 2.30. The molecule has 3 rings (SSSR count). The van der Waals surface area contributed by atoms with Crippen molar-refractivity contribution in [2.24, 2.45) is 0 Å². The Morgan fingerprint density at radius 1 is 1.43 bits per heavy atom. The van der Waals surface area contributed by atoms with Gasteiger partial charge in [-0.25, -0.2) is 0 Å². The molecule has 0 saturated carbocycles. The summed E-state index contributed by atoms with van der Waals surface area (Å²) in [6.07, 6.45) is 1.70. The van der Waals surface area contributed by atoms with Crippen molar-refractivity contribution in [2.75, 3.05) is 12.4 Å². The normalized spacial score (nSPS) is 16.6. The highest BCUT2D eigenvalue weighted by Crippen LogP contribution is 2.38. The Kier molecular flexibility index (Phi) is 4.63. The molecular formula is C16H15ClN2O3S. The Bertz CT molecular complexity index is 733. The summed E-state index contributed by atoms with van der Waals surface area (Å²) in [6.45, 7) is 0.386. The maximum atomic E-state index is 12.3. The fourth-order valence-electron chi connectivity index (χ4n) is 2.30. The first-order valence-electron chi connectivity index (χ1n) is 7.06. The van der Waals surface area contributed by atoms with Gasteiger partial charge in [-0.05, 0) is 30.3 Å². The number of rotatable bonds is 4. The van der Waals surface area contributed by atoms with Crippen LogP contribution < -0.4 is 5.32 Å². The number of furan rings is 1. The van der Waals surface area contributed by atoms with Gasteiger partial charge in [0.15, 0.2) is 0 Å². The van der Waals surface area contributed by atoms with Crippen LogP contribution in [-0.2, 0) is 16.1 Å². The molecule has 120 valence electrons. The number of carbonyl (C=O) groups is 2. The lowest BCUT2D eigenvalue weighted by Crippen LogP contribution is -2.35. The molecule has 2 amide bonds. The summed E-state index contributed by atoms with van der Waals surface area (Å²) in [7, 11) is 1.70. The van der Waals surface area contributed by atoms with Crippen molar-refractivity contribution in [1.29, 1.82) is 0 Å². The molecule has 0 radical (unpaired) electrons. The van der Waals surface area contributed by atoms with Crippen molar-refractivity contribution in [3.8, 4) is 0 Å². The van der Waals surface area contributed by atoms with Crippen molar-refractivity contribution < 1.29 is 14.0 Å². The van der Waals surface area contributed by atoms with Gasteiger partial charge in [0.1, 0.15) is 5.76 Å². The van der Waals surface area contributed by atoms with E-state index in [-0.39, 0.29) is 18.2 Å². The van der Waals surface area contributed by atoms with Crippen LogP contribution in [0.25, 0.3) is 0 Å². The minimum absolute atomic E-state index is 0.105. The fourth-order valence-corrected chi connectivity index (χ4v) is 3.55. The molecule has 0 aliphatic carbocycles. The first-order chi connectivity index (χ1) is 11.0. The first kappa shape index (κ1) is 16.0. The van der Waals surface area contributed by atoms with E-state index in [4.69, 9.17) is 16.0 Å². The molecule has 2 heterocycles. The summed E-state index contributed by atoms with van der Waals surface area (Å²) in [4.78, 5) is 27.0. The van der Waals surface area contributed by atoms with Gasteiger partial charge in [0.05, 0.1) is 23.7 Å². The van der Waals surface area contributed by atoms with E-state index in [0.717, 1.165) is 4.90 Å². The van der Waals surface area contributed by atoms with Crippen LogP contribution in [0.4, 0.5) is 5.69 Å². The van der Waals surface area contributed by atoms with Crippen molar-refractivity contribution in [2.45, 2.75) is 23.1 Å². The van der Waals surface area contributed by atoms with Gasteiger partial charge in [-0.1, -0.05) is 11.6 Å². The maximum absolute atomic E-state index is 12.3. The predicted molar refractivity (Wildman–Crippen MR) is 89.5 cm³/mol. The molecule has 0 saturated heterocycles. The van der Waals surface area contributed by atoms with Crippen LogP contribution >= 0.6 is 23.4 Å². The van der Waals surface area contributed by atoms with E-state index in [1.165, 1.54) is 11.8 Å². The second-order valence-electron chi connectivity index (χ2n) is 5.27. The molecule has 1 atom stereocenters. The van der Waals surface area contributed by atoms with Gasteiger partial charge < -0.3 is 14.6 Å². The Hall–Kier alpha value is -1.92. The molecule has 0 unspecified atom stereocenters. The molecule has 0 spiro atoms. The molecule has 1 aromatic carbocycles. The number of amides is 2. The average molecular weight is 351 g/mol. The lowest BCUT2D eigenvalue weighted by Gasteiger charge is -2.25. The average Bonchev–Trinajstić information content (AvgIpc) is 3.01. The molecule has 0 bridgehead atoms. The van der Waals surface area contributed by atoms with Crippen LogP contribution in [0.3, 0.4) is 0 Å². The summed E-state index contributed by atoms with van der Waals surface area (Å²) in [5.41, 5.74) is 0.695. The minimum atomic E-state index is -0.449. The van der Waals surface area contributed by atoms with E-state index >= 15 is 0 Å². The number of hydrogen-bond acceptors (Lipinski definition) is 4. The van der Waals surface area contributed by atoms with Crippen molar-refractivity contribution in [3.63, 3.8) is 0 Å². The topological polar surface area (TPSA) is 62.6 Å². The number of fused-ring (bicyclic) bond motifs is 1. The van der Waals surface area contributed by atoms with E-state index in [0.29, 0.717) is 23.0 Å². The monoisotopic (exact) mass is 350 g/mol. The van der Waals surface area contributed by atoms with Gasteiger partial charge in [0.2, 0.25) is 11.8 Å². The second-order valence-corrected chi connectivity index (χ2v) is 6.95. The van der Waals surface area contributed by atoms with Crippen LogP contribution in [0, 0.1) is 0 Å². The SMILES string of the molecule is CN(Cc1ccco1)C(=O)C[C@H]1Sc2ccc(Cl)cc2NC1=O. The number of halogens is 1. The van der Waals surface area contributed by atoms with Gasteiger partial charge in [0, 0.05) is 23.4 Å². The maximum Gasteiger partial charge on any atom is 0.238 e. The number of carbonyl (C=O) groups excluding carboxylic acids is 2. The third-order valence-corrected chi connectivity index (χ3v) is 5.03. The quantitative estimate of drug-likeness (QED) is 0.918. The molecule has 2 aromatic rings. The zero-order valence-corrected chi connectivity index (χ0v) is 14.0. The molecule has 7 heteroatoms. The van der Waals surface area contributed by atoms with Gasteiger partial charge in [0.25, 0.3) is 0 Å². The van der Waals surface area contributed by atoms with E-state index in [2.05, 4.69) is 5.32 Å². The molecular weight excluding hydrogens is 336 g/mol. The second kappa shape index (κ2) is 6.68. The van der Waals surface area contributed by atoms with Crippen LogP contribution in [0.2, 0.25) is 5.02 Å². The Morgan fingerprint density at radius 2 is 2.26 bits per heavy atom. The van der Waals surface area contributed by atoms with Crippen molar-refractivity contribution in [3.05, 3.63) is 47.4 Å². The summed E-state index contributed by atoms with van der Waals surface area (Å²) in [5, 5.41) is 2.93. The van der Waals surface area contributed by atoms with Gasteiger partial charge >= 0.3 is 0 Å². The smallest absolute Gasteiger partial charge is 0.238 e. The largest absolute Gasteiger partial charge is 0.467 e. The van der Waals surface area contributed by atoms with Gasteiger partial charge in [-0.3, -0.25) is 9.59 Å². The molecule has 1 aliphatic rings. The van der Waals surface area contributed by atoms with Gasteiger partial charge in [-0.2, -0.15) is 0 Å². The van der Waals surface area contributed by atoms with E-state index in [9.17, 15) is 9.59 Å². The first-order valence-corrected chi connectivity index (χ1v) is 8.32. The van der Waals surface area contributed by atoms with Crippen LogP contribution in [0.15, 0.2) is 45.9 Å². The molecule has 0 fully saturated rings. The lowest BCUT2D eigenvalue weighted by molar-refractivity contribution is -0.132. The molecule has 1 N–H and O–H groups in total. The Balaban J connectivity index is 1.64. The number of hydrogen-bond donors (Lipinski definition) is 1. The number of thioether (sulfide) groups is 1. The highest BCUT2D eigenvalue weighted by atomic mass is 35.5. The summed E-state index contributed by atoms with van der Waals surface area (Å²) >= 11 is 7.31. The number of benzene rings is 1. The van der Waals surface area contributed by atoms with Crippen LogP contribution in [0.5, 0.6) is 0 Å². The number of nitrogens with zero attached hydrogens (tertiary/aromatic N) is 1. The van der Waals surface area contributed by atoms with Crippen LogP contribution in [-0.4, -0.2) is 29.0 Å². The standard InChI is InChI=1S/C16H15ClN2O3S/c1-19(9-11-3-2-6-22-11)15(20)8-14-16(21)18-12-7-10(17)4-5-13(12)23-14/h2-7,14H,8-9H2,1H3,(H,18,21)/t14-/m1/s1. The molecule has 1 aromatic heterocycles. The molecule has 23 heavy (non-hydrogen) atoms. The highest BCUT2D eigenvalue weighted by molar-refractivity contribution is 8.01. The van der Waals surface area contributed by atoms with Gasteiger partial charge in [-0.15, -0.1) is 11.8 Å². The van der Waals surface area contributed by atoms with Crippen molar-refractivity contribution in [1.82, 2.24) is 4.90 Å².